The second-order valence-electron chi connectivity index (χ2n) is 8.66. The van der Waals surface area contributed by atoms with Crippen LogP contribution < -0.4 is 0 Å². The Labute approximate surface area is 173 Å². The molecule has 1 spiro atoms. The normalized spacial score (nSPS) is 19.8. The number of nitrogens with zero attached hydrogens (tertiary/aromatic N) is 3. The second-order valence-corrected chi connectivity index (χ2v) is 8.66. The molecule has 2 aromatic rings. The topological polar surface area (TPSA) is 45.7 Å². The molecule has 2 aliphatic heterocycles. The predicted octanol–water partition coefficient (Wildman–Crippen LogP) is 3.07. The number of carbonyl (C=O) groups excluding carboxylic acids is 1. The molecule has 3 heterocycles. The van der Waals surface area contributed by atoms with Crippen LogP contribution in [0, 0.1) is 12.3 Å². The van der Waals surface area contributed by atoms with Crippen molar-refractivity contribution in [2.24, 2.45) is 5.41 Å². The Kier molecular flexibility index (Phi) is 6.26. The van der Waals surface area contributed by atoms with Gasteiger partial charge in [0.15, 0.2) is 0 Å². The van der Waals surface area contributed by atoms with E-state index in [1.807, 2.05) is 17.3 Å². The number of ether oxygens (including phenoxy) is 1. The van der Waals surface area contributed by atoms with Crippen molar-refractivity contribution in [1.82, 2.24) is 14.8 Å². The van der Waals surface area contributed by atoms with E-state index in [0.717, 1.165) is 64.3 Å². The maximum absolute atomic E-state index is 12.8. The molecule has 1 aromatic heterocycles. The van der Waals surface area contributed by atoms with Crippen LogP contribution in [0.2, 0.25) is 0 Å². The summed E-state index contributed by atoms with van der Waals surface area (Å²) in [6.07, 6.45) is 6.24. The lowest BCUT2D eigenvalue weighted by atomic mass is 9.78. The van der Waals surface area contributed by atoms with Crippen LogP contribution >= 0.6 is 0 Å². The highest BCUT2D eigenvalue weighted by Gasteiger charge is 2.38. The maximum Gasteiger partial charge on any atom is 0.226 e. The van der Waals surface area contributed by atoms with Crippen LogP contribution in [0.3, 0.4) is 0 Å². The number of benzene rings is 1. The van der Waals surface area contributed by atoms with Gasteiger partial charge in [-0.2, -0.15) is 0 Å². The first kappa shape index (κ1) is 20.0. The summed E-state index contributed by atoms with van der Waals surface area (Å²) >= 11 is 0. The Morgan fingerprint density at radius 3 is 2.48 bits per heavy atom. The molecule has 5 nitrogen and oxygen atoms in total. The number of piperidine rings is 1. The molecule has 0 unspecified atom stereocenters. The number of likely N-dealkylation sites (tertiary alicyclic amines) is 1. The average molecular weight is 394 g/mol. The van der Waals surface area contributed by atoms with Gasteiger partial charge in [-0.05, 0) is 43.0 Å². The molecule has 0 saturated carbocycles. The van der Waals surface area contributed by atoms with Gasteiger partial charge < -0.3 is 9.64 Å². The largest absolute Gasteiger partial charge is 0.379 e. The second kappa shape index (κ2) is 9.06. The first-order chi connectivity index (χ1) is 14.1. The van der Waals surface area contributed by atoms with Gasteiger partial charge in [0.2, 0.25) is 5.91 Å². The summed E-state index contributed by atoms with van der Waals surface area (Å²) in [5, 5.41) is 0. The summed E-state index contributed by atoms with van der Waals surface area (Å²) in [6, 6.07) is 12.5. The van der Waals surface area contributed by atoms with E-state index in [1.165, 1.54) is 11.1 Å². The summed E-state index contributed by atoms with van der Waals surface area (Å²) in [5.74, 6) is 0.242. The van der Waals surface area contributed by atoms with Crippen LogP contribution in [0.5, 0.6) is 0 Å². The Balaban J connectivity index is 1.34. The Hall–Kier alpha value is -2.24. The van der Waals surface area contributed by atoms with Gasteiger partial charge in [0, 0.05) is 50.5 Å². The van der Waals surface area contributed by atoms with E-state index in [2.05, 4.69) is 53.2 Å². The summed E-state index contributed by atoms with van der Waals surface area (Å²) < 4.78 is 6.00. The summed E-state index contributed by atoms with van der Waals surface area (Å²) in [4.78, 5) is 21.4. The fraction of sp³-hybridized carbons (Fsp3) is 0.500. The molecule has 29 heavy (non-hydrogen) atoms. The molecule has 1 aromatic carbocycles. The molecule has 0 radical (unpaired) electrons. The van der Waals surface area contributed by atoms with E-state index < -0.39 is 0 Å². The zero-order chi connectivity index (χ0) is 20.1. The zero-order valence-corrected chi connectivity index (χ0v) is 17.3. The molecule has 2 aliphatic rings. The van der Waals surface area contributed by atoms with Crippen molar-refractivity contribution in [3.63, 3.8) is 0 Å². The number of amides is 1. The molecule has 5 heteroatoms. The van der Waals surface area contributed by atoms with Gasteiger partial charge in [-0.1, -0.05) is 29.8 Å². The lowest BCUT2D eigenvalue weighted by Gasteiger charge is -2.42. The monoisotopic (exact) mass is 393 g/mol. The third kappa shape index (κ3) is 5.22. The highest BCUT2D eigenvalue weighted by Crippen LogP contribution is 2.35. The molecule has 2 saturated heterocycles. The van der Waals surface area contributed by atoms with Crippen LogP contribution in [-0.4, -0.2) is 60.1 Å². The highest BCUT2D eigenvalue weighted by atomic mass is 16.5. The lowest BCUT2D eigenvalue weighted by molar-refractivity contribution is -0.133. The van der Waals surface area contributed by atoms with Crippen molar-refractivity contribution in [3.05, 3.63) is 65.5 Å². The zero-order valence-electron chi connectivity index (χ0n) is 17.3. The predicted molar refractivity (Wildman–Crippen MR) is 113 cm³/mol. The number of aromatic nitrogens is 1. The first-order valence-corrected chi connectivity index (χ1v) is 10.6. The molecule has 2 fully saturated rings. The van der Waals surface area contributed by atoms with Gasteiger partial charge in [0.1, 0.15) is 0 Å². The Morgan fingerprint density at radius 2 is 1.76 bits per heavy atom. The summed E-state index contributed by atoms with van der Waals surface area (Å²) in [5.41, 5.74) is 3.78. The van der Waals surface area contributed by atoms with E-state index in [4.69, 9.17) is 4.74 Å². The van der Waals surface area contributed by atoms with Crippen molar-refractivity contribution in [1.29, 1.82) is 0 Å². The van der Waals surface area contributed by atoms with Crippen LogP contribution in [-0.2, 0) is 22.5 Å². The minimum absolute atomic E-state index is 0.157. The van der Waals surface area contributed by atoms with Crippen molar-refractivity contribution in [2.45, 2.75) is 32.7 Å². The first-order valence-electron chi connectivity index (χ1n) is 10.6. The fourth-order valence-electron chi connectivity index (χ4n) is 4.49. The maximum atomic E-state index is 12.8. The lowest BCUT2D eigenvalue weighted by Crippen LogP contribution is -2.49. The van der Waals surface area contributed by atoms with Crippen molar-refractivity contribution >= 4 is 5.91 Å². The van der Waals surface area contributed by atoms with E-state index in [-0.39, 0.29) is 11.3 Å². The highest BCUT2D eigenvalue weighted by molar-refractivity contribution is 5.78. The minimum atomic E-state index is 0.157. The molecule has 0 bridgehead atoms. The Bertz CT molecular complexity index is 799. The molecule has 4 rings (SSSR count). The number of pyridine rings is 1. The number of hydrogen-bond acceptors (Lipinski definition) is 4. The number of rotatable bonds is 4. The van der Waals surface area contributed by atoms with E-state index in [9.17, 15) is 4.79 Å². The van der Waals surface area contributed by atoms with Gasteiger partial charge >= 0.3 is 0 Å². The van der Waals surface area contributed by atoms with Crippen molar-refractivity contribution in [2.75, 3.05) is 39.4 Å². The van der Waals surface area contributed by atoms with Crippen molar-refractivity contribution in [3.8, 4) is 0 Å². The minimum Gasteiger partial charge on any atom is -0.379 e. The van der Waals surface area contributed by atoms with Gasteiger partial charge in [0.05, 0.1) is 19.6 Å². The Morgan fingerprint density at radius 1 is 1.03 bits per heavy atom. The number of aryl methyl sites for hydroxylation is 1. The van der Waals surface area contributed by atoms with Crippen LogP contribution in [0.1, 0.15) is 29.5 Å². The molecule has 154 valence electrons. The van der Waals surface area contributed by atoms with E-state index >= 15 is 0 Å². The third-order valence-corrected chi connectivity index (χ3v) is 6.33. The van der Waals surface area contributed by atoms with E-state index in [1.54, 1.807) is 0 Å². The smallest absolute Gasteiger partial charge is 0.226 e. The van der Waals surface area contributed by atoms with Gasteiger partial charge in [-0.15, -0.1) is 0 Å². The third-order valence-electron chi connectivity index (χ3n) is 6.33. The standard InChI is InChI=1S/C24H31N3O2/c1-20-2-4-21(5-3-20)16-23(28)27-12-8-24(9-13-27)18-26(14-15-29-19-24)17-22-6-10-25-11-7-22/h2-7,10-11H,8-9,12-19H2,1H3. The number of carbonyl (C=O) groups is 1. The van der Waals surface area contributed by atoms with Crippen LogP contribution in [0.25, 0.3) is 0 Å². The molecular formula is C24H31N3O2. The molecule has 0 aliphatic carbocycles. The van der Waals surface area contributed by atoms with Crippen molar-refractivity contribution < 1.29 is 9.53 Å². The summed E-state index contributed by atoms with van der Waals surface area (Å²) in [6.45, 7) is 8.25. The van der Waals surface area contributed by atoms with Crippen LogP contribution in [0.15, 0.2) is 48.8 Å². The average Bonchev–Trinajstić information content (AvgIpc) is 2.93. The molecule has 1 amide bonds. The SMILES string of the molecule is Cc1ccc(CC(=O)N2CCC3(CC2)COCCN(Cc2ccncc2)C3)cc1. The van der Waals surface area contributed by atoms with Gasteiger partial charge in [-0.3, -0.25) is 14.7 Å². The molecule has 0 atom stereocenters. The van der Waals surface area contributed by atoms with Gasteiger partial charge in [0.25, 0.3) is 0 Å². The van der Waals surface area contributed by atoms with Gasteiger partial charge in [-0.25, -0.2) is 0 Å². The molecule has 0 N–H and O–H groups in total. The van der Waals surface area contributed by atoms with Crippen LogP contribution in [0.4, 0.5) is 0 Å². The van der Waals surface area contributed by atoms with E-state index in [0.29, 0.717) is 6.42 Å². The molecular weight excluding hydrogens is 362 g/mol. The summed E-state index contributed by atoms with van der Waals surface area (Å²) in [7, 11) is 0. The fourth-order valence-corrected chi connectivity index (χ4v) is 4.49. The number of hydrogen-bond donors (Lipinski definition) is 0. The quantitative estimate of drug-likeness (QED) is 0.801.